The van der Waals surface area contributed by atoms with Gasteiger partial charge < -0.3 is 10.2 Å². The van der Waals surface area contributed by atoms with E-state index >= 15 is 0 Å². The normalized spacial score (nSPS) is 26.3. The van der Waals surface area contributed by atoms with Gasteiger partial charge in [-0.2, -0.15) is 0 Å². The third-order valence-electron chi connectivity index (χ3n) is 4.30. The van der Waals surface area contributed by atoms with Crippen molar-refractivity contribution in [1.82, 2.24) is 10.2 Å². The highest BCUT2D eigenvalue weighted by Gasteiger charge is 2.37. The minimum absolute atomic E-state index is 0.214. The third-order valence-corrected chi connectivity index (χ3v) is 4.67. The van der Waals surface area contributed by atoms with Gasteiger partial charge in [-0.25, -0.2) is 0 Å². The fourth-order valence-corrected chi connectivity index (χ4v) is 3.49. The van der Waals surface area contributed by atoms with Crippen LogP contribution in [0.15, 0.2) is 24.3 Å². The number of fused-ring (bicyclic) bond motifs is 1. The molecule has 2 aliphatic heterocycles. The lowest BCUT2D eigenvalue weighted by atomic mass is 9.91. The summed E-state index contributed by atoms with van der Waals surface area (Å²) in [6, 6.07) is 8.01. The Bertz CT molecular complexity index is 477. The molecule has 0 radical (unpaired) electrons. The zero-order chi connectivity index (χ0) is 13.2. The molecule has 2 unspecified atom stereocenters. The van der Waals surface area contributed by atoms with E-state index in [1.54, 1.807) is 0 Å². The lowest BCUT2D eigenvalue weighted by Gasteiger charge is -2.37. The molecule has 0 spiro atoms. The van der Waals surface area contributed by atoms with Crippen molar-refractivity contribution in [2.75, 3.05) is 19.6 Å². The number of hydrogen-bond acceptors (Lipinski definition) is 2. The monoisotopic (exact) mass is 278 g/mol. The lowest BCUT2D eigenvalue weighted by Crippen LogP contribution is -2.48. The average Bonchev–Trinajstić information content (AvgIpc) is 2.89. The van der Waals surface area contributed by atoms with Crippen molar-refractivity contribution in [3.8, 4) is 0 Å². The first kappa shape index (κ1) is 12.9. The van der Waals surface area contributed by atoms with Crippen LogP contribution in [0.1, 0.15) is 18.4 Å². The standard InChI is InChI=1S/C15H19ClN2O/c16-13-6-2-1-4-11(13)8-15(19)18-7-3-5-12-9-17-10-14(12)18/h1-2,4,6,12,14,17H,3,5,7-10H2. The van der Waals surface area contributed by atoms with Gasteiger partial charge in [0.25, 0.3) is 0 Å². The molecule has 2 saturated heterocycles. The van der Waals surface area contributed by atoms with Crippen LogP contribution in [0.5, 0.6) is 0 Å². The molecule has 2 fully saturated rings. The number of nitrogens with one attached hydrogen (secondary N) is 1. The predicted octanol–water partition coefficient (Wildman–Crippen LogP) is 2.09. The van der Waals surface area contributed by atoms with Crippen LogP contribution in [0.4, 0.5) is 0 Å². The Morgan fingerprint density at radius 1 is 1.37 bits per heavy atom. The summed E-state index contributed by atoms with van der Waals surface area (Å²) in [6.45, 7) is 2.89. The first-order valence-electron chi connectivity index (χ1n) is 6.99. The molecule has 1 aromatic carbocycles. The zero-order valence-electron chi connectivity index (χ0n) is 10.9. The van der Waals surface area contributed by atoms with Crippen molar-refractivity contribution in [1.29, 1.82) is 0 Å². The van der Waals surface area contributed by atoms with Crippen molar-refractivity contribution in [2.24, 2.45) is 5.92 Å². The van der Waals surface area contributed by atoms with E-state index in [0.717, 1.165) is 31.6 Å². The number of hydrogen-bond donors (Lipinski definition) is 1. The molecule has 1 aromatic rings. The van der Waals surface area contributed by atoms with E-state index < -0.39 is 0 Å². The SMILES string of the molecule is O=C(Cc1ccccc1Cl)N1CCCC2CNCC21. The average molecular weight is 279 g/mol. The Morgan fingerprint density at radius 2 is 2.21 bits per heavy atom. The maximum Gasteiger partial charge on any atom is 0.227 e. The van der Waals surface area contributed by atoms with E-state index in [0.29, 0.717) is 23.4 Å². The van der Waals surface area contributed by atoms with Gasteiger partial charge in [0, 0.05) is 30.7 Å². The summed E-state index contributed by atoms with van der Waals surface area (Å²) in [6.07, 6.45) is 2.79. The highest BCUT2D eigenvalue weighted by atomic mass is 35.5. The minimum atomic E-state index is 0.214. The number of rotatable bonds is 2. The van der Waals surface area contributed by atoms with E-state index in [9.17, 15) is 4.79 Å². The van der Waals surface area contributed by atoms with E-state index in [4.69, 9.17) is 11.6 Å². The fourth-order valence-electron chi connectivity index (χ4n) is 3.28. The molecule has 2 atom stereocenters. The second-order valence-corrected chi connectivity index (χ2v) is 5.89. The predicted molar refractivity (Wildman–Crippen MR) is 76.3 cm³/mol. The molecule has 2 aliphatic rings. The smallest absolute Gasteiger partial charge is 0.227 e. The quantitative estimate of drug-likeness (QED) is 0.898. The van der Waals surface area contributed by atoms with Crippen LogP contribution in [-0.2, 0) is 11.2 Å². The molecule has 3 rings (SSSR count). The topological polar surface area (TPSA) is 32.3 Å². The van der Waals surface area contributed by atoms with Crippen LogP contribution >= 0.6 is 11.6 Å². The molecule has 2 heterocycles. The summed E-state index contributed by atoms with van der Waals surface area (Å²) in [4.78, 5) is 14.6. The van der Waals surface area contributed by atoms with Gasteiger partial charge >= 0.3 is 0 Å². The van der Waals surface area contributed by atoms with Crippen molar-refractivity contribution < 1.29 is 4.79 Å². The summed E-state index contributed by atoms with van der Waals surface area (Å²) in [5.74, 6) is 0.857. The van der Waals surface area contributed by atoms with Gasteiger partial charge in [-0.1, -0.05) is 29.8 Å². The zero-order valence-corrected chi connectivity index (χ0v) is 11.7. The molecular formula is C15H19ClN2O. The molecule has 0 bridgehead atoms. The number of carbonyl (C=O) groups is 1. The lowest BCUT2D eigenvalue weighted by molar-refractivity contribution is -0.134. The summed E-state index contributed by atoms with van der Waals surface area (Å²) in [5, 5.41) is 4.09. The number of benzene rings is 1. The highest BCUT2D eigenvalue weighted by molar-refractivity contribution is 6.31. The number of piperidine rings is 1. The maximum absolute atomic E-state index is 12.5. The van der Waals surface area contributed by atoms with Crippen molar-refractivity contribution in [3.63, 3.8) is 0 Å². The second-order valence-electron chi connectivity index (χ2n) is 5.48. The first-order chi connectivity index (χ1) is 9.25. The summed E-state index contributed by atoms with van der Waals surface area (Å²) >= 11 is 6.14. The van der Waals surface area contributed by atoms with Crippen molar-refractivity contribution >= 4 is 17.5 Å². The molecule has 19 heavy (non-hydrogen) atoms. The van der Waals surface area contributed by atoms with Gasteiger partial charge in [-0.05, 0) is 30.4 Å². The van der Waals surface area contributed by atoms with Gasteiger partial charge in [0.05, 0.1) is 6.42 Å². The van der Waals surface area contributed by atoms with E-state index in [2.05, 4.69) is 10.2 Å². The van der Waals surface area contributed by atoms with E-state index in [-0.39, 0.29) is 5.91 Å². The third kappa shape index (κ3) is 2.63. The Hall–Kier alpha value is -1.06. The molecule has 1 amide bonds. The number of nitrogens with zero attached hydrogens (tertiary/aromatic N) is 1. The molecular weight excluding hydrogens is 260 g/mol. The molecule has 1 N–H and O–H groups in total. The number of likely N-dealkylation sites (tertiary alicyclic amines) is 1. The first-order valence-corrected chi connectivity index (χ1v) is 7.37. The number of carbonyl (C=O) groups excluding carboxylic acids is 1. The van der Waals surface area contributed by atoms with Crippen LogP contribution < -0.4 is 5.32 Å². The Labute approximate surface area is 118 Å². The van der Waals surface area contributed by atoms with Crippen LogP contribution in [0.25, 0.3) is 0 Å². The van der Waals surface area contributed by atoms with Crippen LogP contribution in [0.3, 0.4) is 0 Å². The molecule has 0 saturated carbocycles. The van der Waals surface area contributed by atoms with Crippen LogP contribution in [0.2, 0.25) is 5.02 Å². The van der Waals surface area contributed by atoms with Gasteiger partial charge in [0.15, 0.2) is 0 Å². The van der Waals surface area contributed by atoms with Crippen LogP contribution in [-0.4, -0.2) is 36.5 Å². The van der Waals surface area contributed by atoms with E-state index in [1.165, 1.54) is 6.42 Å². The molecule has 3 nitrogen and oxygen atoms in total. The molecule has 0 aliphatic carbocycles. The Morgan fingerprint density at radius 3 is 3.05 bits per heavy atom. The maximum atomic E-state index is 12.5. The molecule has 0 aromatic heterocycles. The van der Waals surface area contributed by atoms with Gasteiger partial charge in [-0.3, -0.25) is 4.79 Å². The highest BCUT2D eigenvalue weighted by Crippen LogP contribution is 2.27. The van der Waals surface area contributed by atoms with Crippen molar-refractivity contribution in [3.05, 3.63) is 34.9 Å². The number of halogens is 1. The van der Waals surface area contributed by atoms with Crippen LogP contribution in [0, 0.1) is 5.92 Å². The largest absolute Gasteiger partial charge is 0.338 e. The van der Waals surface area contributed by atoms with Gasteiger partial charge in [-0.15, -0.1) is 0 Å². The summed E-state index contributed by atoms with van der Waals surface area (Å²) in [5.41, 5.74) is 0.933. The second kappa shape index (κ2) is 5.51. The molecule has 102 valence electrons. The minimum Gasteiger partial charge on any atom is -0.338 e. The van der Waals surface area contributed by atoms with Crippen molar-refractivity contribution in [2.45, 2.75) is 25.3 Å². The Balaban J connectivity index is 1.71. The number of amides is 1. The van der Waals surface area contributed by atoms with E-state index in [1.807, 2.05) is 24.3 Å². The Kier molecular flexibility index (Phi) is 3.76. The molecule has 4 heteroatoms. The van der Waals surface area contributed by atoms with Gasteiger partial charge in [0.1, 0.15) is 0 Å². The van der Waals surface area contributed by atoms with Gasteiger partial charge in [0.2, 0.25) is 5.91 Å². The fraction of sp³-hybridized carbons (Fsp3) is 0.533. The summed E-state index contributed by atoms with van der Waals surface area (Å²) < 4.78 is 0. The summed E-state index contributed by atoms with van der Waals surface area (Å²) in [7, 11) is 0.